The van der Waals surface area contributed by atoms with Gasteiger partial charge in [0.15, 0.2) is 5.96 Å². The Morgan fingerprint density at radius 1 is 0.377 bits per heavy atom. The number of carboxylic acids is 3. The van der Waals surface area contributed by atoms with E-state index in [9.17, 15) is 117 Å². The van der Waals surface area contributed by atoms with Gasteiger partial charge in [0.25, 0.3) is 0 Å². The number of amides is 16. The minimum Gasteiger partial charge on any atom is -0.508 e. The second-order valence-corrected chi connectivity index (χ2v) is 30.6. The highest BCUT2D eigenvalue weighted by atomic mass is 16.4. The Morgan fingerprint density at radius 2 is 0.738 bits per heavy atom. The van der Waals surface area contributed by atoms with E-state index in [4.69, 9.17) is 40.1 Å². The monoisotopic (exact) mass is 1730 g/mol. The maximum Gasteiger partial charge on any atom is 0.326 e. The van der Waals surface area contributed by atoms with Crippen LogP contribution in [0.4, 0.5) is 0 Å². The Hall–Kier alpha value is -11.9. The van der Waals surface area contributed by atoms with E-state index in [0.29, 0.717) is 24.8 Å². The largest absolute Gasteiger partial charge is 0.508 e. The molecule has 0 aliphatic heterocycles. The highest BCUT2D eigenvalue weighted by molar-refractivity contribution is 6.01. The van der Waals surface area contributed by atoms with E-state index in [1.807, 2.05) is 0 Å². The summed E-state index contributed by atoms with van der Waals surface area (Å²) in [5.74, 6) is -23.0. The number of carbonyl (C=O) groups excluding carboxylic acids is 16. The number of hydrogen-bond acceptors (Lipinski definition) is 25. The minimum atomic E-state index is -1.97. The number of hydrogen-bond donors (Lipinski definition) is 26. The van der Waals surface area contributed by atoms with Crippen LogP contribution >= 0.6 is 0 Å². The molecule has 0 aromatic heterocycles. The number of aliphatic hydroxyl groups is 1. The molecule has 0 fully saturated rings. The first-order chi connectivity index (χ1) is 57.0. The minimum absolute atomic E-state index is 0.0104. The fraction of sp³-hybridized carbons (Fsp3) is 0.658. The lowest BCUT2D eigenvalue weighted by Crippen LogP contribution is -2.61. The molecular formula is C76H128N22O24. The SMILES string of the molecule is CC[C@H](C)[C@H](NC(=O)[C@H](CC(C)C)NC(=O)[C@H](CC(=O)O)NC(=O)[C@H](C)NC(=O)[C@H](CCCN=C(N)N)NC(=O)[C@H](CCC(=O)O)NC(=O)[C@@H](N)CC(N)=O)C(=O)N[C@@H](C)C(=O)N[C@@H](Cc1ccc(O)cc1)C(=O)N[C@@H](CC(C)C)C(=O)N[C@@H](CCCCN)C(=O)N[C@@H](CCC(N)=O)C(=O)N[C@@H](C)C(=O)N[C@H](C(=O)N[C@@H](CCCCN)C(=O)O)[C@@H](C)O. The summed E-state index contributed by atoms with van der Waals surface area (Å²) in [4.78, 5) is 259. The molecule has 0 heterocycles. The molecule has 0 unspecified atom stereocenters. The van der Waals surface area contributed by atoms with Crippen molar-refractivity contribution in [3.63, 3.8) is 0 Å². The van der Waals surface area contributed by atoms with Gasteiger partial charge in [-0.3, -0.25) is 91.3 Å². The number of aromatic hydroxyl groups is 1. The number of benzene rings is 1. The number of unbranched alkanes of at least 4 members (excludes halogenated alkanes) is 2. The predicted octanol–water partition coefficient (Wildman–Crippen LogP) is -7.50. The van der Waals surface area contributed by atoms with E-state index in [-0.39, 0.29) is 95.0 Å². The van der Waals surface area contributed by atoms with Crippen LogP contribution in [0.15, 0.2) is 29.3 Å². The zero-order chi connectivity index (χ0) is 93.0. The summed E-state index contributed by atoms with van der Waals surface area (Å²) in [6.45, 7) is 15.0. The van der Waals surface area contributed by atoms with Crippen molar-refractivity contribution in [1.29, 1.82) is 0 Å². The number of guanidine groups is 1. The molecule has 122 heavy (non-hydrogen) atoms. The fourth-order valence-corrected chi connectivity index (χ4v) is 11.8. The first-order valence-electron chi connectivity index (χ1n) is 40.2. The summed E-state index contributed by atoms with van der Waals surface area (Å²) in [6, 6.07) is -18.4. The molecule has 1 aromatic carbocycles. The molecule has 33 N–H and O–H groups in total. The second kappa shape index (κ2) is 55.8. The number of aliphatic carboxylic acids is 3. The zero-order valence-electron chi connectivity index (χ0n) is 70.6. The van der Waals surface area contributed by atoms with E-state index in [0.717, 1.165) is 13.8 Å². The van der Waals surface area contributed by atoms with Crippen LogP contribution in [0.25, 0.3) is 0 Å². The van der Waals surface area contributed by atoms with E-state index < -0.39 is 260 Å². The molecular weight excluding hydrogens is 1600 g/mol. The van der Waals surface area contributed by atoms with Crippen molar-refractivity contribution in [2.24, 2.45) is 62.9 Å². The Labute approximate surface area is 706 Å². The number of carbonyl (C=O) groups is 19. The van der Waals surface area contributed by atoms with Gasteiger partial charge in [-0.1, -0.05) is 60.1 Å². The third kappa shape index (κ3) is 42.3. The van der Waals surface area contributed by atoms with Crippen LogP contribution in [0, 0.1) is 17.8 Å². The highest BCUT2D eigenvalue weighted by Crippen LogP contribution is 2.17. The Kier molecular flexibility index (Phi) is 49.4. The topological polar surface area (TPSA) is 788 Å². The van der Waals surface area contributed by atoms with Crippen molar-refractivity contribution in [3.8, 4) is 5.75 Å². The van der Waals surface area contributed by atoms with Gasteiger partial charge in [0.05, 0.1) is 25.0 Å². The Morgan fingerprint density at radius 3 is 1.16 bits per heavy atom. The molecule has 17 atom stereocenters. The fourth-order valence-electron chi connectivity index (χ4n) is 11.8. The van der Waals surface area contributed by atoms with E-state index in [1.165, 1.54) is 38.1 Å². The Bertz CT molecular complexity index is 3750. The number of nitrogens with two attached hydrogens (primary N) is 7. The standard InChI is InChI=1S/C76H128N22O24/c1-11-38(6)59(97-72(118)52(32-37(4)5)96-71(117)54(35-58(105)106)94-61(107)39(7)85-65(111)47(19-16-30-84-76(82)83)89-68(114)49(25-27-57(103)104)88-64(110)45(79)34-56(81)102)73(119)87-40(8)62(108)93-53(33-43-20-22-44(100)23-21-43)70(116)95-51(31-36(2)3)69(115)90-46(17-12-14-28-77)67(113)91-48(24-26-55(80)101)66(112)86-41(9)63(109)98-60(42(10)99)74(120)92-50(75(121)122)18-13-15-29-78/h20-23,36-42,45-54,59-60,99-100H,11-19,24-35,77-79H2,1-10H3,(H2,80,101)(H2,81,102)(H,85,111)(H,86,112)(H,87,119)(H,88,110)(H,89,114)(H,90,115)(H,91,113)(H,92,120)(H,93,108)(H,94,107)(H,95,116)(H,96,117)(H,97,118)(H,98,109)(H,103,104)(H,105,106)(H,121,122)(H4,82,83,84)/t38-,39-,40-,41-,42+,45-,46-,47-,48-,49-,50-,51-,52-,53-,54-,59-,60-/m0/s1. The van der Waals surface area contributed by atoms with Crippen LogP contribution in [0.2, 0.25) is 0 Å². The lowest BCUT2D eigenvalue weighted by Gasteiger charge is -2.29. The van der Waals surface area contributed by atoms with Gasteiger partial charge < -0.3 is 140 Å². The van der Waals surface area contributed by atoms with Gasteiger partial charge in [0.1, 0.15) is 90.3 Å². The summed E-state index contributed by atoms with van der Waals surface area (Å²) in [6.07, 6.45) is -5.02. The molecule has 0 aliphatic carbocycles. The van der Waals surface area contributed by atoms with Gasteiger partial charge in [0, 0.05) is 25.8 Å². The normalized spacial score (nSPS) is 15.3. The van der Waals surface area contributed by atoms with E-state index in [2.05, 4.69) is 79.4 Å². The molecule has 0 spiro atoms. The Balaban J connectivity index is 3.64. The first kappa shape index (κ1) is 108. The highest BCUT2D eigenvalue weighted by Gasteiger charge is 2.39. The van der Waals surface area contributed by atoms with Gasteiger partial charge in [-0.05, 0) is 153 Å². The molecule has 1 rings (SSSR count). The number of aliphatic hydroxyl groups excluding tert-OH is 1. The maximum absolute atomic E-state index is 14.7. The molecule has 686 valence electrons. The molecule has 1 aromatic rings. The van der Waals surface area contributed by atoms with Crippen molar-refractivity contribution in [1.82, 2.24) is 74.4 Å². The van der Waals surface area contributed by atoms with Crippen LogP contribution in [0.3, 0.4) is 0 Å². The van der Waals surface area contributed by atoms with Crippen molar-refractivity contribution in [2.45, 2.75) is 282 Å². The molecule has 16 amide bonds. The van der Waals surface area contributed by atoms with Gasteiger partial charge in [0.2, 0.25) is 94.5 Å². The van der Waals surface area contributed by atoms with Crippen LogP contribution in [-0.4, -0.2) is 260 Å². The number of rotatable bonds is 60. The number of primary amides is 2. The number of nitrogens with one attached hydrogen (secondary N) is 14. The van der Waals surface area contributed by atoms with Crippen molar-refractivity contribution >= 4 is 118 Å². The average Bonchev–Trinajstić information content (AvgIpc) is 0.849. The van der Waals surface area contributed by atoms with Crippen LogP contribution in [0.5, 0.6) is 5.75 Å². The lowest BCUT2D eigenvalue weighted by molar-refractivity contribution is -0.143. The summed E-state index contributed by atoms with van der Waals surface area (Å²) < 4.78 is 0. The number of nitrogens with zero attached hydrogens (tertiary/aromatic N) is 1. The summed E-state index contributed by atoms with van der Waals surface area (Å²) in [7, 11) is 0. The van der Waals surface area contributed by atoms with Crippen molar-refractivity contribution in [2.75, 3.05) is 19.6 Å². The smallest absolute Gasteiger partial charge is 0.326 e. The van der Waals surface area contributed by atoms with Crippen molar-refractivity contribution in [3.05, 3.63) is 29.8 Å². The van der Waals surface area contributed by atoms with Crippen LogP contribution in [0.1, 0.15) is 184 Å². The summed E-state index contributed by atoms with van der Waals surface area (Å²) in [5, 5.41) is 83.7. The van der Waals surface area contributed by atoms with E-state index in [1.54, 1.807) is 41.5 Å². The van der Waals surface area contributed by atoms with Gasteiger partial charge in [-0.25, -0.2) is 4.79 Å². The molecule has 46 heteroatoms. The molecule has 0 bridgehead atoms. The first-order valence-corrected chi connectivity index (χ1v) is 40.2. The number of aliphatic imine (C=N–C) groups is 1. The number of carboxylic acid groups (broad SMARTS) is 3. The average molecular weight is 1730 g/mol. The van der Waals surface area contributed by atoms with Crippen LogP contribution < -0.4 is 115 Å². The van der Waals surface area contributed by atoms with Crippen molar-refractivity contribution < 1.29 is 117 Å². The third-order valence-electron chi connectivity index (χ3n) is 18.9. The predicted molar refractivity (Wildman–Crippen MR) is 439 cm³/mol. The van der Waals surface area contributed by atoms with Gasteiger partial charge in [-0.15, -0.1) is 0 Å². The molecule has 0 saturated heterocycles. The molecule has 46 nitrogen and oxygen atoms in total. The molecule has 0 radical (unpaired) electrons. The van der Waals surface area contributed by atoms with Gasteiger partial charge in [-0.2, -0.15) is 0 Å². The lowest BCUT2D eigenvalue weighted by atomic mass is 9.96. The number of phenolic OH excluding ortho intramolecular Hbond substituents is 1. The van der Waals surface area contributed by atoms with E-state index >= 15 is 0 Å². The quantitative estimate of drug-likeness (QED) is 0.0164. The maximum atomic E-state index is 14.7. The van der Waals surface area contributed by atoms with Crippen LogP contribution in [-0.2, 0) is 97.5 Å². The second-order valence-electron chi connectivity index (χ2n) is 30.6. The molecule has 0 saturated carbocycles. The third-order valence-corrected chi connectivity index (χ3v) is 18.9. The summed E-state index contributed by atoms with van der Waals surface area (Å²) in [5.41, 5.74) is 38.9. The molecule has 0 aliphatic rings. The van der Waals surface area contributed by atoms with Gasteiger partial charge >= 0.3 is 17.9 Å². The zero-order valence-corrected chi connectivity index (χ0v) is 70.6. The number of phenols is 1. The summed E-state index contributed by atoms with van der Waals surface area (Å²) >= 11 is 0.